The minimum absolute atomic E-state index is 0.317. The number of nitrogens with one attached hydrogen (secondary N) is 2. The number of nitrogens with zero attached hydrogens (tertiary/aromatic N) is 1. The predicted octanol–water partition coefficient (Wildman–Crippen LogP) is 4.42. The average molecular weight is 349 g/mol. The molecule has 2 aliphatic carbocycles. The van der Waals surface area contributed by atoms with E-state index in [4.69, 9.17) is 4.98 Å². The number of amides is 1. The molecular formula is C22H27N3O. The number of benzene rings is 1. The predicted molar refractivity (Wildman–Crippen MR) is 105 cm³/mol. The summed E-state index contributed by atoms with van der Waals surface area (Å²) in [6, 6.07) is 10.8. The van der Waals surface area contributed by atoms with Crippen LogP contribution in [-0.4, -0.2) is 17.9 Å². The summed E-state index contributed by atoms with van der Waals surface area (Å²) in [4.78, 5) is 15.9. The number of carbonyl (C=O) groups is 1. The third-order valence-electron chi connectivity index (χ3n) is 5.84. The number of carbonyl (C=O) groups excluding carboxylic acids is 1. The van der Waals surface area contributed by atoms with Gasteiger partial charge in [-0.15, -0.1) is 0 Å². The number of rotatable bonds is 7. The molecule has 0 radical (unpaired) electrons. The monoisotopic (exact) mass is 349 g/mol. The van der Waals surface area contributed by atoms with Crippen molar-refractivity contribution in [3.8, 4) is 0 Å². The van der Waals surface area contributed by atoms with Gasteiger partial charge in [0.1, 0.15) is 5.82 Å². The molecule has 0 spiro atoms. The molecule has 1 amide bonds. The molecule has 2 aliphatic rings. The van der Waals surface area contributed by atoms with Crippen molar-refractivity contribution in [3.63, 3.8) is 0 Å². The van der Waals surface area contributed by atoms with Crippen LogP contribution in [0.4, 0.5) is 11.5 Å². The molecule has 1 saturated carbocycles. The van der Waals surface area contributed by atoms with Crippen molar-refractivity contribution in [1.82, 2.24) is 10.3 Å². The molecule has 1 aromatic heterocycles. The molecule has 2 aromatic rings. The minimum atomic E-state index is 0.317. The van der Waals surface area contributed by atoms with E-state index in [2.05, 4.69) is 54.8 Å². The van der Waals surface area contributed by atoms with Crippen molar-refractivity contribution in [2.75, 3.05) is 11.9 Å². The third-order valence-corrected chi connectivity index (χ3v) is 5.84. The maximum Gasteiger partial charge on any atom is 0.207 e. The van der Waals surface area contributed by atoms with Crippen molar-refractivity contribution in [3.05, 3.63) is 52.7 Å². The number of anilines is 2. The first-order chi connectivity index (χ1) is 12.7. The van der Waals surface area contributed by atoms with Gasteiger partial charge in [-0.05, 0) is 73.8 Å². The Morgan fingerprint density at radius 2 is 2.00 bits per heavy atom. The van der Waals surface area contributed by atoms with E-state index in [1.807, 2.05) is 0 Å². The Kier molecular flexibility index (Phi) is 4.66. The number of hydrogen-bond acceptors (Lipinski definition) is 3. The summed E-state index contributed by atoms with van der Waals surface area (Å²) in [5.74, 6) is 2.54. The van der Waals surface area contributed by atoms with Gasteiger partial charge in [-0.3, -0.25) is 4.79 Å². The summed E-state index contributed by atoms with van der Waals surface area (Å²) in [7, 11) is 0. The first-order valence-corrected chi connectivity index (χ1v) is 9.70. The van der Waals surface area contributed by atoms with Gasteiger partial charge in [0.15, 0.2) is 0 Å². The number of aryl methyl sites for hydroxylation is 1. The molecule has 0 aliphatic heterocycles. The topological polar surface area (TPSA) is 54.0 Å². The zero-order valence-electron chi connectivity index (χ0n) is 15.6. The van der Waals surface area contributed by atoms with Crippen LogP contribution in [0.2, 0.25) is 0 Å². The van der Waals surface area contributed by atoms with Gasteiger partial charge in [-0.1, -0.05) is 24.6 Å². The highest BCUT2D eigenvalue weighted by Crippen LogP contribution is 2.45. The lowest BCUT2D eigenvalue weighted by molar-refractivity contribution is -0.109. The van der Waals surface area contributed by atoms with E-state index in [0.717, 1.165) is 30.0 Å². The van der Waals surface area contributed by atoms with Crippen LogP contribution in [0.15, 0.2) is 30.3 Å². The fraction of sp³-hybridized carbons (Fsp3) is 0.455. The lowest BCUT2D eigenvalue weighted by Crippen LogP contribution is -2.22. The number of aromatic nitrogens is 1. The molecule has 1 heterocycles. The second kappa shape index (κ2) is 7.10. The summed E-state index contributed by atoms with van der Waals surface area (Å²) in [6.07, 6.45) is 5.54. The highest BCUT2D eigenvalue weighted by molar-refractivity contribution is 5.63. The Hall–Kier alpha value is -2.36. The van der Waals surface area contributed by atoms with E-state index in [1.54, 1.807) is 0 Å². The minimum Gasteiger partial charge on any atom is -0.358 e. The molecule has 2 unspecified atom stereocenters. The van der Waals surface area contributed by atoms with Gasteiger partial charge in [-0.2, -0.15) is 0 Å². The molecule has 4 heteroatoms. The fourth-order valence-corrected chi connectivity index (χ4v) is 4.08. The summed E-state index contributed by atoms with van der Waals surface area (Å²) in [5, 5.41) is 6.44. The van der Waals surface area contributed by atoms with E-state index < -0.39 is 0 Å². The van der Waals surface area contributed by atoms with Crippen LogP contribution in [-0.2, 0) is 11.2 Å². The van der Waals surface area contributed by atoms with E-state index >= 15 is 0 Å². The van der Waals surface area contributed by atoms with Gasteiger partial charge >= 0.3 is 0 Å². The standard InChI is InChI=1S/C22H27N3O/c1-14-3-8-17(9-4-14)24-22-18-10-5-15(2)19(18)11-21(25-22)20(12-23-13-26)16-6-7-16/h3-4,8-9,11,13,15-16,20H,5-7,10,12H2,1-2H3,(H,23,26)(H,24,25). The second-order valence-electron chi connectivity index (χ2n) is 7.86. The maximum absolute atomic E-state index is 10.8. The van der Waals surface area contributed by atoms with Crippen LogP contribution in [0.25, 0.3) is 0 Å². The van der Waals surface area contributed by atoms with Crippen LogP contribution in [0.5, 0.6) is 0 Å². The van der Waals surface area contributed by atoms with Crippen molar-refractivity contribution in [2.45, 2.75) is 51.4 Å². The molecule has 1 fully saturated rings. The lowest BCUT2D eigenvalue weighted by Gasteiger charge is -2.20. The average Bonchev–Trinajstić information content (AvgIpc) is 3.41. The van der Waals surface area contributed by atoms with Gasteiger partial charge in [0.2, 0.25) is 6.41 Å². The molecular weight excluding hydrogens is 322 g/mol. The van der Waals surface area contributed by atoms with Crippen molar-refractivity contribution < 1.29 is 4.79 Å². The Labute approximate surface area is 155 Å². The SMILES string of the molecule is Cc1ccc(Nc2nc(C(CNC=O)C3CC3)cc3c2CCC3C)cc1. The highest BCUT2D eigenvalue weighted by Gasteiger charge is 2.34. The molecule has 2 atom stereocenters. The molecule has 26 heavy (non-hydrogen) atoms. The van der Waals surface area contributed by atoms with Gasteiger partial charge in [0.25, 0.3) is 0 Å². The quantitative estimate of drug-likeness (QED) is 0.728. The number of pyridine rings is 1. The van der Waals surface area contributed by atoms with Gasteiger partial charge in [0.05, 0.1) is 0 Å². The van der Waals surface area contributed by atoms with E-state index in [1.165, 1.54) is 36.0 Å². The van der Waals surface area contributed by atoms with Crippen LogP contribution >= 0.6 is 0 Å². The number of fused-ring (bicyclic) bond motifs is 1. The zero-order chi connectivity index (χ0) is 18.1. The third kappa shape index (κ3) is 3.46. The fourth-order valence-electron chi connectivity index (χ4n) is 4.08. The first-order valence-electron chi connectivity index (χ1n) is 9.70. The number of hydrogen-bond donors (Lipinski definition) is 2. The molecule has 0 saturated heterocycles. The van der Waals surface area contributed by atoms with Crippen LogP contribution in [0, 0.1) is 12.8 Å². The van der Waals surface area contributed by atoms with Crippen molar-refractivity contribution in [1.29, 1.82) is 0 Å². The molecule has 2 N–H and O–H groups in total. The highest BCUT2D eigenvalue weighted by atomic mass is 16.1. The van der Waals surface area contributed by atoms with Gasteiger partial charge in [-0.25, -0.2) is 4.98 Å². The van der Waals surface area contributed by atoms with Crippen LogP contribution in [0.3, 0.4) is 0 Å². The molecule has 0 bridgehead atoms. The Balaban J connectivity index is 1.70. The second-order valence-corrected chi connectivity index (χ2v) is 7.86. The van der Waals surface area contributed by atoms with E-state index in [9.17, 15) is 4.79 Å². The summed E-state index contributed by atoms with van der Waals surface area (Å²) in [6.45, 7) is 5.08. The smallest absolute Gasteiger partial charge is 0.207 e. The molecule has 4 nitrogen and oxygen atoms in total. The molecule has 136 valence electrons. The normalized spacial score (nSPS) is 19.7. The first kappa shape index (κ1) is 17.1. The molecule has 1 aromatic carbocycles. The Morgan fingerprint density at radius 3 is 2.69 bits per heavy atom. The van der Waals surface area contributed by atoms with Gasteiger partial charge in [0, 0.05) is 23.8 Å². The maximum atomic E-state index is 10.8. The van der Waals surface area contributed by atoms with E-state index in [0.29, 0.717) is 24.3 Å². The Morgan fingerprint density at radius 1 is 1.23 bits per heavy atom. The summed E-state index contributed by atoms with van der Waals surface area (Å²) in [5.41, 5.74) is 6.26. The zero-order valence-corrected chi connectivity index (χ0v) is 15.6. The Bertz CT molecular complexity index is 796. The van der Waals surface area contributed by atoms with Crippen LogP contribution in [0.1, 0.15) is 60.4 Å². The largest absolute Gasteiger partial charge is 0.358 e. The molecule has 4 rings (SSSR count). The van der Waals surface area contributed by atoms with Gasteiger partial charge < -0.3 is 10.6 Å². The van der Waals surface area contributed by atoms with Crippen molar-refractivity contribution >= 4 is 17.9 Å². The van der Waals surface area contributed by atoms with E-state index in [-0.39, 0.29) is 0 Å². The van der Waals surface area contributed by atoms with Crippen molar-refractivity contribution in [2.24, 2.45) is 5.92 Å². The summed E-state index contributed by atoms with van der Waals surface area (Å²) >= 11 is 0. The lowest BCUT2D eigenvalue weighted by atomic mass is 9.94. The van der Waals surface area contributed by atoms with Crippen LogP contribution < -0.4 is 10.6 Å². The summed E-state index contributed by atoms with van der Waals surface area (Å²) < 4.78 is 0.